The van der Waals surface area contributed by atoms with E-state index in [-0.39, 0.29) is 29.9 Å². The summed E-state index contributed by atoms with van der Waals surface area (Å²) >= 11 is 6.02. The van der Waals surface area contributed by atoms with Crippen LogP contribution in [-0.2, 0) is 17.6 Å². The number of benzene rings is 1. The molecule has 0 radical (unpaired) electrons. The molecule has 1 aliphatic rings. The first-order chi connectivity index (χ1) is 14.0. The summed E-state index contributed by atoms with van der Waals surface area (Å²) in [7, 11) is 1.79. The molecule has 1 fully saturated rings. The Morgan fingerprint density at radius 1 is 1.23 bits per heavy atom. The van der Waals surface area contributed by atoms with Gasteiger partial charge >= 0.3 is 0 Å². The molecule has 30 heavy (non-hydrogen) atoms. The molecular weight excluding hydrogens is 517 g/mol. The van der Waals surface area contributed by atoms with Crippen LogP contribution in [0.25, 0.3) is 0 Å². The average Bonchev–Trinajstić information content (AvgIpc) is 3.03. The molecule has 0 atom stereocenters. The lowest BCUT2D eigenvalue weighted by Gasteiger charge is -2.36. The van der Waals surface area contributed by atoms with Crippen LogP contribution in [0.5, 0.6) is 0 Å². The van der Waals surface area contributed by atoms with Gasteiger partial charge in [0.05, 0.1) is 12.1 Å². The van der Waals surface area contributed by atoms with Gasteiger partial charge in [0.1, 0.15) is 5.76 Å². The van der Waals surface area contributed by atoms with E-state index in [1.807, 2.05) is 43.0 Å². The summed E-state index contributed by atoms with van der Waals surface area (Å²) in [4.78, 5) is 21.1. The Labute approximate surface area is 199 Å². The minimum atomic E-state index is 0. The molecule has 0 bridgehead atoms. The van der Waals surface area contributed by atoms with Gasteiger partial charge in [-0.15, -0.1) is 24.0 Å². The molecule has 1 N–H and O–H groups in total. The molecule has 0 spiro atoms. The molecule has 0 saturated carbocycles. The van der Waals surface area contributed by atoms with Gasteiger partial charge in [-0.1, -0.05) is 28.9 Å². The number of hydrogen-bond acceptors (Lipinski definition) is 4. The third-order valence-corrected chi connectivity index (χ3v) is 5.46. The molecule has 9 heteroatoms. The SMILES string of the molecule is CN=C(NCCc1c(C)noc1C)N1CCN(C(=O)Cc2cccc(Cl)c2)CC1.I. The maximum atomic E-state index is 12.6. The molecule has 2 aromatic rings. The Morgan fingerprint density at radius 3 is 2.53 bits per heavy atom. The van der Waals surface area contributed by atoms with Crippen molar-refractivity contribution in [2.24, 2.45) is 4.99 Å². The zero-order chi connectivity index (χ0) is 20.8. The Balaban J connectivity index is 0.00000320. The van der Waals surface area contributed by atoms with Gasteiger partial charge in [0.25, 0.3) is 0 Å². The zero-order valence-electron chi connectivity index (χ0n) is 17.7. The molecular formula is C21H29ClIN5O2. The van der Waals surface area contributed by atoms with E-state index in [2.05, 4.69) is 20.4 Å². The minimum Gasteiger partial charge on any atom is -0.361 e. The van der Waals surface area contributed by atoms with E-state index in [4.69, 9.17) is 16.1 Å². The summed E-state index contributed by atoms with van der Waals surface area (Å²) in [5.74, 6) is 1.86. The van der Waals surface area contributed by atoms with Gasteiger partial charge in [-0.05, 0) is 38.0 Å². The smallest absolute Gasteiger partial charge is 0.227 e. The average molecular weight is 546 g/mol. The van der Waals surface area contributed by atoms with Crippen molar-refractivity contribution in [3.63, 3.8) is 0 Å². The highest BCUT2D eigenvalue weighted by atomic mass is 127. The highest BCUT2D eigenvalue weighted by molar-refractivity contribution is 14.0. The fourth-order valence-corrected chi connectivity index (χ4v) is 3.80. The van der Waals surface area contributed by atoms with E-state index in [1.54, 1.807) is 7.05 Å². The summed E-state index contributed by atoms with van der Waals surface area (Å²) < 4.78 is 5.22. The van der Waals surface area contributed by atoms with E-state index in [9.17, 15) is 4.79 Å². The van der Waals surface area contributed by atoms with Gasteiger partial charge in [0, 0.05) is 50.4 Å². The fourth-order valence-electron chi connectivity index (χ4n) is 3.59. The fraction of sp³-hybridized carbons (Fsp3) is 0.476. The number of guanidine groups is 1. The van der Waals surface area contributed by atoms with Crippen molar-refractivity contribution in [3.8, 4) is 0 Å². The lowest BCUT2D eigenvalue weighted by Crippen LogP contribution is -2.54. The Bertz CT molecular complexity index is 859. The lowest BCUT2D eigenvalue weighted by molar-refractivity contribution is -0.131. The number of nitrogens with one attached hydrogen (secondary N) is 1. The predicted molar refractivity (Wildman–Crippen MR) is 130 cm³/mol. The van der Waals surface area contributed by atoms with Crippen LogP contribution < -0.4 is 5.32 Å². The van der Waals surface area contributed by atoms with Gasteiger partial charge in [0.2, 0.25) is 5.91 Å². The van der Waals surface area contributed by atoms with Gasteiger partial charge in [-0.25, -0.2) is 0 Å². The summed E-state index contributed by atoms with van der Waals surface area (Å²) in [5.41, 5.74) is 3.03. The van der Waals surface area contributed by atoms with Crippen LogP contribution in [-0.4, -0.2) is 66.6 Å². The van der Waals surface area contributed by atoms with E-state index >= 15 is 0 Å². The molecule has 3 rings (SSSR count). The maximum absolute atomic E-state index is 12.6. The lowest BCUT2D eigenvalue weighted by atomic mass is 10.1. The normalized spacial score (nSPS) is 14.5. The second-order valence-electron chi connectivity index (χ2n) is 7.20. The molecule has 1 saturated heterocycles. The number of aromatic nitrogens is 1. The molecule has 1 amide bonds. The summed E-state index contributed by atoms with van der Waals surface area (Å²) in [6.07, 6.45) is 1.21. The van der Waals surface area contributed by atoms with Crippen LogP contribution in [0.1, 0.15) is 22.6 Å². The van der Waals surface area contributed by atoms with Crippen molar-refractivity contribution in [1.29, 1.82) is 0 Å². The number of piperazine rings is 1. The number of carbonyl (C=O) groups is 1. The van der Waals surface area contributed by atoms with Gasteiger partial charge in [-0.2, -0.15) is 0 Å². The predicted octanol–water partition coefficient (Wildman–Crippen LogP) is 3.07. The first-order valence-corrected chi connectivity index (χ1v) is 10.2. The highest BCUT2D eigenvalue weighted by Gasteiger charge is 2.23. The Kier molecular flexibility index (Phi) is 9.41. The van der Waals surface area contributed by atoms with Gasteiger partial charge < -0.3 is 19.6 Å². The molecule has 1 aliphatic heterocycles. The van der Waals surface area contributed by atoms with Gasteiger partial charge in [-0.3, -0.25) is 9.79 Å². The zero-order valence-corrected chi connectivity index (χ0v) is 20.7. The number of halogens is 2. The van der Waals surface area contributed by atoms with Crippen LogP contribution in [0.4, 0.5) is 0 Å². The van der Waals surface area contributed by atoms with Crippen molar-refractivity contribution in [2.75, 3.05) is 39.8 Å². The number of carbonyl (C=O) groups excluding carboxylic acids is 1. The molecule has 1 aromatic heterocycles. The largest absolute Gasteiger partial charge is 0.361 e. The number of aryl methyl sites for hydroxylation is 2. The van der Waals surface area contributed by atoms with Crippen LogP contribution in [0.2, 0.25) is 5.02 Å². The molecule has 7 nitrogen and oxygen atoms in total. The second kappa shape index (κ2) is 11.5. The highest BCUT2D eigenvalue weighted by Crippen LogP contribution is 2.14. The van der Waals surface area contributed by atoms with Crippen molar-refractivity contribution >= 4 is 47.4 Å². The third-order valence-electron chi connectivity index (χ3n) is 5.23. The third kappa shape index (κ3) is 6.34. The van der Waals surface area contributed by atoms with E-state index < -0.39 is 0 Å². The maximum Gasteiger partial charge on any atom is 0.227 e. The summed E-state index contributed by atoms with van der Waals surface area (Å²) in [6, 6.07) is 7.48. The first kappa shape index (κ1) is 24.5. The van der Waals surface area contributed by atoms with Crippen LogP contribution >= 0.6 is 35.6 Å². The van der Waals surface area contributed by atoms with E-state index in [0.29, 0.717) is 24.5 Å². The topological polar surface area (TPSA) is 74.0 Å². The monoisotopic (exact) mass is 545 g/mol. The number of rotatable bonds is 5. The minimum absolute atomic E-state index is 0. The molecule has 2 heterocycles. The number of amides is 1. The summed E-state index contributed by atoms with van der Waals surface area (Å²) in [5, 5.41) is 8.06. The van der Waals surface area contributed by atoms with Crippen molar-refractivity contribution in [1.82, 2.24) is 20.3 Å². The van der Waals surface area contributed by atoms with Crippen molar-refractivity contribution < 1.29 is 9.32 Å². The molecule has 1 aromatic carbocycles. The van der Waals surface area contributed by atoms with Crippen LogP contribution in [0, 0.1) is 13.8 Å². The molecule has 0 aliphatic carbocycles. The number of nitrogens with zero attached hydrogens (tertiary/aromatic N) is 4. The van der Waals surface area contributed by atoms with E-state index in [0.717, 1.165) is 54.6 Å². The standard InChI is InChI=1S/C21H28ClN5O2.HI/c1-15-19(16(2)29-25-15)7-8-24-21(23-3)27-11-9-26(10-12-27)20(28)14-17-5-4-6-18(22)13-17;/h4-6,13H,7-12,14H2,1-3H3,(H,23,24);1H. The Hall–Kier alpha value is -1.81. The number of aliphatic imine (C=N–C) groups is 1. The molecule has 164 valence electrons. The van der Waals surface area contributed by atoms with E-state index in [1.165, 1.54) is 0 Å². The summed E-state index contributed by atoms with van der Waals surface area (Å²) in [6.45, 7) is 7.53. The van der Waals surface area contributed by atoms with Crippen molar-refractivity contribution in [2.45, 2.75) is 26.7 Å². The van der Waals surface area contributed by atoms with Crippen molar-refractivity contribution in [3.05, 3.63) is 51.9 Å². The Morgan fingerprint density at radius 2 is 1.93 bits per heavy atom. The second-order valence-corrected chi connectivity index (χ2v) is 7.64. The van der Waals surface area contributed by atoms with Crippen LogP contribution in [0.15, 0.2) is 33.8 Å². The van der Waals surface area contributed by atoms with Gasteiger partial charge in [0.15, 0.2) is 5.96 Å². The number of hydrogen-bond donors (Lipinski definition) is 1. The van der Waals surface area contributed by atoms with Crippen LogP contribution in [0.3, 0.4) is 0 Å². The quantitative estimate of drug-likeness (QED) is 0.355. The molecule has 0 unspecified atom stereocenters. The first-order valence-electron chi connectivity index (χ1n) is 9.87.